The van der Waals surface area contributed by atoms with Gasteiger partial charge in [0.2, 0.25) is 21.1 Å². The van der Waals surface area contributed by atoms with Gasteiger partial charge in [0.15, 0.2) is 0 Å². The molecule has 1 fully saturated rings. The lowest BCUT2D eigenvalue weighted by Gasteiger charge is -2.53. The van der Waals surface area contributed by atoms with Gasteiger partial charge in [0.25, 0.3) is 0 Å². The van der Waals surface area contributed by atoms with E-state index in [2.05, 4.69) is 0 Å². The maximum absolute atomic E-state index is 13.6. The molecule has 2 aromatic rings. The number of aliphatic hydroxyl groups is 1. The van der Waals surface area contributed by atoms with Gasteiger partial charge in [0.1, 0.15) is 0 Å². The smallest absolute Gasteiger partial charge is 0.246 e. The molecule has 0 spiro atoms. The first-order chi connectivity index (χ1) is 14.3. The van der Waals surface area contributed by atoms with E-state index in [1.807, 2.05) is 34.6 Å². The van der Waals surface area contributed by atoms with Gasteiger partial charge >= 0.3 is 0 Å². The SMILES string of the molecule is Cc1ccc(S(=O)(=O)C(ON2C(C)(C)CC(O)CC2(C)C)C(=O)c2ccccc2)cc1. The molecule has 7 heteroatoms. The zero-order chi connectivity index (χ0) is 23.0. The summed E-state index contributed by atoms with van der Waals surface area (Å²) in [5, 5.41) is 11.9. The Labute approximate surface area is 184 Å². The molecule has 0 bridgehead atoms. The van der Waals surface area contributed by atoms with Crippen molar-refractivity contribution in [3.05, 3.63) is 65.7 Å². The Bertz CT molecular complexity index is 1010. The third-order valence-corrected chi connectivity index (χ3v) is 7.47. The molecule has 0 saturated carbocycles. The van der Waals surface area contributed by atoms with Gasteiger partial charge in [-0.05, 0) is 59.6 Å². The van der Waals surface area contributed by atoms with Gasteiger partial charge in [-0.15, -0.1) is 0 Å². The third kappa shape index (κ3) is 4.90. The highest BCUT2D eigenvalue weighted by Gasteiger charge is 2.50. The van der Waals surface area contributed by atoms with Gasteiger partial charge in [0, 0.05) is 16.6 Å². The molecule has 0 aromatic heterocycles. The summed E-state index contributed by atoms with van der Waals surface area (Å²) in [4.78, 5) is 19.6. The van der Waals surface area contributed by atoms with E-state index in [0.29, 0.717) is 12.8 Å². The van der Waals surface area contributed by atoms with Crippen LogP contribution in [0.2, 0.25) is 0 Å². The lowest BCUT2D eigenvalue weighted by Crippen LogP contribution is -2.63. The number of aryl methyl sites for hydroxylation is 1. The zero-order valence-corrected chi connectivity index (χ0v) is 19.5. The fourth-order valence-electron chi connectivity index (χ4n) is 4.43. The highest BCUT2D eigenvalue weighted by atomic mass is 32.2. The van der Waals surface area contributed by atoms with Gasteiger partial charge in [0.05, 0.1) is 11.0 Å². The summed E-state index contributed by atoms with van der Waals surface area (Å²) in [6.07, 6.45) is 0.252. The van der Waals surface area contributed by atoms with Crippen molar-refractivity contribution >= 4 is 15.6 Å². The molecule has 6 nitrogen and oxygen atoms in total. The molecule has 1 atom stereocenters. The second-order valence-corrected chi connectivity index (χ2v) is 11.5. The topological polar surface area (TPSA) is 83.9 Å². The zero-order valence-electron chi connectivity index (χ0n) is 18.7. The molecule has 3 rings (SSSR count). The van der Waals surface area contributed by atoms with Crippen LogP contribution in [0.4, 0.5) is 0 Å². The van der Waals surface area contributed by atoms with Crippen molar-refractivity contribution in [3.8, 4) is 0 Å². The molecule has 168 valence electrons. The second kappa shape index (κ2) is 8.47. The van der Waals surface area contributed by atoms with Gasteiger partial charge < -0.3 is 5.11 Å². The van der Waals surface area contributed by atoms with Gasteiger partial charge in [-0.1, -0.05) is 48.0 Å². The van der Waals surface area contributed by atoms with Gasteiger partial charge in [-0.2, -0.15) is 5.06 Å². The summed E-state index contributed by atoms with van der Waals surface area (Å²) in [6, 6.07) is 14.7. The fourth-order valence-corrected chi connectivity index (χ4v) is 5.81. The number of sulfone groups is 1. The molecule has 1 aliphatic rings. The predicted molar refractivity (Wildman–Crippen MR) is 119 cm³/mol. The average Bonchev–Trinajstić information content (AvgIpc) is 2.66. The molecule has 0 amide bonds. The van der Waals surface area contributed by atoms with Crippen LogP contribution in [0.1, 0.15) is 56.5 Å². The van der Waals surface area contributed by atoms with Gasteiger partial charge in [-0.25, -0.2) is 8.42 Å². The number of carbonyl (C=O) groups excluding carboxylic acids is 1. The Morgan fingerprint density at radius 3 is 2.03 bits per heavy atom. The molecule has 2 aromatic carbocycles. The van der Waals surface area contributed by atoms with Crippen molar-refractivity contribution in [2.75, 3.05) is 0 Å². The number of hydrogen-bond donors (Lipinski definition) is 1. The van der Waals surface area contributed by atoms with Crippen LogP contribution < -0.4 is 0 Å². The van der Waals surface area contributed by atoms with Crippen molar-refractivity contribution in [2.24, 2.45) is 0 Å². The van der Waals surface area contributed by atoms with Crippen LogP contribution in [0, 0.1) is 6.92 Å². The highest BCUT2D eigenvalue weighted by molar-refractivity contribution is 7.92. The number of hydroxylamine groups is 2. The van der Waals surface area contributed by atoms with Crippen molar-refractivity contribution in [1.82, 2.24) is 5.06 Å². The number of ketones is 1. The van der Waals surface area contributed by atoms with Crippen molar-refractivity contribution < 1.29 is 23.2 Å². The van der Waals surface area contributed by atoms with Gasteiger partial charge in [-0.3, -0.25) is 9.63 Å². The summed E-state index contributed by atoms with van der Waals surface area (Å²) in [7, 11) is -4.15. The van der Waals surface area contributed by atoms with E-state index in [9.17, 15) is 18.3 Å². The van der Waals surface area contributed by atoms with Crippen molar-refractivity contribution in [2.45, 2.75) is 75.0 Å². The second-order valence-electron chi connectivity index (χ2n) is 9.51. The first kappa shape index (κ1) is 23.6. The third-order valence-electron chi connectivity index (χ3n) is 5.67. The monoisotopic (exact) mass is 445 g/mol. The van der Waals surface area contributed by atoms with E-state index in [-0.39, 0.29) is 10.5 Å². The standard InChI is InChI=1S/C24H31NO5S/c1-17-11-13-20(14-12-17)31(28,29)22(21(27)18-9-7-6-8-10-18)30-25-23(2,3)15-19(26)16-24(25,4)5/h6-14,19,22,26H,15-16H2,1-5H3. The van der Waals surface area contributed by atoms with Crippen molar-refractivity contribution in [3.63, 3.8) is 0 Å². The molecule has 1 saturated heterocycles. The van der Waals surface area contributed by atoms with Crippen LogP contribution in [0.5, 0.6) is 0 Å². The van der Waals surface area contributed by atoms with E-state index >= 15 is 0 Å². The molecular formula is C24H31NO5S. The minimum Gasteiger partial charge on any atom is -0.393 e. The average molecular weight is 446 g/mol. The minimum absolute atomic E-state index is 0.0278. The van der Waals surface area contributed by atoms with E-state index in [1.165, 1.54) is 12.1 Å². The number of Topliss-reactive ketones (excluding diaryl/α,β-unsaturated/α-hetero) is 1. The number of carbonyl (C=O) groups is 1. The quantitative estimate of drug-likeness (QED) is 0.679. The molecule has 1 unspecified atom stereocenters. The lowest BCUT2D eigenvalue weighted by atomic mass is 9.80. The summed E-state index contributed by atoms with van der Waals surface area (Å²) >= 11 is 0. The van der Waals surface area contributed by atoms with E-state index < -0.39 is 38.2 Å². The minimum atomic E-state index is -4.15. The Kier molecular flexibility index (Phi) is 6.45. The van der Waals surface area contributed by atoms with Crippen LogP contribution in [-0.4, -0.2) is 47.0 Å². The van der Waals surface area contributed by atoms with E-state index in [1.54, 1.807) is 47.5 Å². The molecule has 0 radical (unpaired) electrons. The molecule has 1 N–H and O–H groups in total. The molecular weight excluding hydrogens is 414 g/mol. The largest absolute Gasteiger partial charge is 0.393 e. The first-order valence-electron chi connectivity index (χ1n) is 10.4. The van der Waals surface area contributed by atoms with Crippen LogP contribution >= 0.6 is 0 Å². The summed E-state index contributed by atoms with van der Waals surface area (Å²) < 4.78 is 27.2. The van der Waals surface area contributed by atoms with E-state index in [4.69, 9.17) is 4.84 Å². The summed E-state index contributed by atoms with van der Waals surface area (Å²) in [5.41, 5.74) is -1.93. The van der Waals surface area contributed by atoms with E-state index in [0.717, 1.165) is 5.56 Å². The maximum Gasteiger partial charge on any atom is 0.246 e. The Hall–Kier alpha value is -2.06. The number of hydrogen-bond acceptors (Lipinski definition) is 6. The molecule has 0 aliphatic carbocycles. The number of piperidine rings is 1. The number of rotatable bonds is 6. The van der Waals surface area contributed by atoms with Crippen LogP contribution in [0.25, 0.3) is 0 Å². The van der Waals surface area contributed by atoms with Crippen LogP contribution in [-0.2, 0) is 14.7 Å². The van der Waals surface area contributed by atoms with Crippen LogP contribution in [0.3, 0.4) is 0 Å². The summed E-state index contributed by atoms with van der Waals surface area (Å²) in [5.74, 6) is -0.626. The predicted octanol–water partition coefficient (Wildman–Crippen LogP) is 3.92. The highest BCUT2D eigenvalue weighted by Crippen LogP contribution is 2.40. The Balaban J connectivity index is 2.08. The lowest BCUT2D eigenvalue weighted by molar-refractivity contribution is -0.292. The Morgan fingerprint density at radius 1 is 1.00 bits per heavy atom. The fraction of sp³-hybridized carbons (Fsp3) is 0.458. The molecule has 31 heavy (non-hydrogen) atoms. The summed E-state index contributed by atoms with van der Waals surface area (Å²) in [6.45, 7) is 9.36. The molecule has 1 heterocycles. The van der Waals surface area contributed by atoms with Crippen LogP contribution in [0.15, 0.2) is 59.5 Å². The Morgan fingerprint density at radius 2 is 1.52 bits per heavy atom. The number of aliphatic hydroxyl groups excluding tert-OH is 1. The number of nitrogens with zero attached hydrogens (tertiary/aromatic N) is 1. The number of benzene rings is 2. The maximum atomic E-state index is 13.6. The normalized spacial score (nSPS) is 20.3. The van der Waals surface area contributed by atoms with Crippen molar-refractivity contribution in [1.29, 1.82) is 0 Å². The molecule has 1 aliphatic heterocycles. The first-order valence-corrected chi connectivity index (χ1v) is 11.9.